The molecule has 0 aliphatic rings. The summed E-state index contributed by atoms with van der Waals surface area (Å²) in [5, 5.41) is 63.8. The number of phenols is 1. The average Bonchev–Trinajstić information content (AvgIpc) is 3.04. The van der Waals surface area contributed by atoms with Crippen molar-refractivity contribution >= 4 is 72.1 Å². The van der Waals surface area contributed by atoms with Gasteiger partial charge in [0.05, 0.1) is 40.6 Å². The van der Waals surface area contributed by atoms with Gasteiger partial charge in [-0.1, -0.05) is 0 Å². The number of nitrogens with zero attached hydrogens (tertiary/aromatic N) is 4. The molecule has 0 atom stereocenters. The minimum atomic E-state index is -4.85. The van der Waals surface area contributed by atoms with Crippen LogP contribution in [0.25, 0.3) is 10.8 Å². The van der Waals surface area contributed by atoms with Crippen LogP contribution in [0.3, 0.4) is 0 Å². The fourth-order valence-corrected chi connectivity index (χ4v) is 5.60. The zero-order chi connectivity index (χ0) is 37.0. The Bertz CT molecular complexity index is 2120. The van der Waals surface area contributed by atoms with Crippen molar-refractivity contribution in [2.75, 3.05) is 32.2 Å². The van der Waals surface area contributed by atoms with Crippen molar-refractivity contribution in [2.24, 2.45) is 20.5 Å². The number of ether oxygens (including phenoxy) is 2. The second-order valence-corrected chi connectivity index (χ2v) is 12.8. The van der Waals surface area contributed by atoms with Gasteiger partial charge < -0.3 is 54.4 Å². The van der Waals surface area contributed by atoms with Gasteiger partial charge in [-0.25, -0.2) is 9.59 Å². The number of nitrogens with two attached hydrogens (primary N) is 1. The van der Waals surface area contributed by atoms with Crippen LogP contribution in [0.15, 0.2) is 78.8 Å². The summed E-state index contributed by atoms with van der Waals surface area (Å²) in [6.07, 6.45) is 0. The second-order valence-electron chi connectivity index (χ2n) is 9.89. The van der Waals surface area contributed by atoms with Crippen LogP contribution in [-0.2, 0) is 10.1 Å². The van der Waals surface area contributed by atoms with Crippen molar-refractivity contribution in [2.45, 2.75) is 9.79 Å². The summed E-state index contributed by atoms with van der Waals surface area (Å²) in [6.45, 7) is -1.60. The number of nitrogen functional groups attached to an aromatic ring is 1. The topological polar surface area (TPSA) is 344 Å². The molecule has 0 bridgehead atoms. The van der Waals surface area contributed by atoms with Gasteiger partial charge in [-0.05, 0) is 41.8 Å². The maximum absolute atomic E-state index is 11.7. The summed E-state index contributed by atoms with van der Waals surface area (Å²) in [5.74, 6) is -4.05. The van der Waals surface area contributed by atoms with Gasteiger partial charge in [0.25, 0.3) is 10.1 Å². The summed E-state index contributed by atoms with van der Waals surface area (Å²) in [5.41, 5.74) is 3.20. The van der Waals surface area contributed by atoms with Crippen LogP contribution in [-0.4, -0.2) is 90.5 Å². The van der Waals surface area contributed by atoms with Gasteiger partial charge in [0.2, 0.25) is 0 Å². The molecule has 0 saturated carbocycles. The molecule has 20 nitrogen and oxygen atoms in total. The molecule has 0 spiro atoms. The molecule has 0 amide bonds. The number of aliphatic hydroxyl groups excluding tert-OH is 2. The van der Waals surface area contributed by atoms with E-state index in [1.807, 2.05) is 0 Å². The van der Waals surface area contributed by atoms with Gasteiger partial charge >= 0.3 is 11.9 Å². The van der Waals surface area contributed by atoms with E-state index in [9.17, 15) is 61.8 Å². The second kappa shape index (κ2) is 15.0. The number of aliphatic hydroxyl groups is 2. The third-order valence-electron chi connectivity index (χ3n) is 6.44. The lowest BCUT2D eigenvalue weighted by atomic mass is 10.1. The molecule has 266 valence electrons. The van der Waals surface area contributed by atoms with E-state index in [4.69, 9.17) is 15.2 Å². The van der Waals surface area contributed by atoms with Crippen LogP contribution in [0.2, 0.25) is 0 Å². The lowest BCUT2D eigenvalue weighted by Crippen LogP contribution is -2.04. The number of fused-ring (bicyclic) bond motifs is 1. The fraction of sp³-hybridized carbons (Fsp3) is 0.143. The number of aromatic hydroxyl groups is 1. The zero-order valence-electron chi connectivity index (χ0n) is 25.1. The first-order valence-electron chi connectivity index (χ1n) is 13.6. The van der Waals surface area contributed by atoms with Crippen molar-refractivity contribution in [3.63, 3.8) is 0 Å². The van der Waals surface area contributed by atoms with Gasteiger partial charge in [-0.15, -0.1) is 15.3 Å². The zero-order valence-corrected chi connectivity index (χ0v) is 26.7. The van der Waals surface area contributed by atoms with Gasteiger partial charge in [-0.2, -0.15) is 13.5 Å². The van der Waals surface area contributed by atoms with Gasteiger partial charge in [0.15, 0.2) is 5.75 Å². The van der Waals surface area contributed by atoms with Crippen LogP contribution in [0.5, 0.6) is 17.2 Å². The third kappa shape index (κ3) is 8.57. The number of aromatic carboxylic acids is 2. The molecule has 0 fully saturated rings. The highest BCUT2D eigenvalue weighted by molar-refractivity contribution is 8.19. The average molecular weight is 738 g/mol. The Kier molecular flexibility index (Phi) is 11.2. The van der Waals surface area contributed by atoms with E-state index in [1.165, 1.54) is 0 Å². The Morgan fingerprint density at radius 1 is 0.700 bits per heavy atom. The molecule has 11 N–H and O–H groups in total. The molecule has 0 unspecified atom stereocenters. The van der Waals surface area contributed by atoms with Gasteiger partial charge in [0.1, 0.15) is 57.5 Å². The fourth-order valence-electron chi connectivity index (χ4n) is 4.29. The number of anilines is 1. The van der Waals surface area contributed by atoms with E-state index in [0.29, 0.717) is 0 Å². The maximum atomic E-state index is 11.7. The number of hydrogen-bond acceptors (Lipinski definition) is 17. The third-order valence-corrected chi connectivity index (χ3v) is 8.25. The number of carbonyl (C=O) groups is 2. The van der Waals surface area contributed by atoms with Gasteiger partial charge in [-0.3, -0.25) is 4.55 Å². The largest absolute Gasteiger partial charge is 0.505 e. The van der Waals surface area contributed by atoms with Crippen LogP contribution in [0.4, 0.5) is 28.4 Å². The smallest absolute Gasteiger partial charge is 0.335 e. The maximum Gasteiger partial charge on any atom is 0.335 e. The summed E-state index contributed by atoms with van der Waals surface area (Å²) < 4.78 is 74.4. The predicted molar refractivity (Wildman–Crippen MR) is 174 cm³/mol. The van der Waals surface area contributed by atoms with E-state index < -0.39 is 84.2 Å². The quantitative estimate of drug-likeness (QED) is 0.0466. The van der Waals surface area contributed by atoms with E-state index in [1.54, 1.807) is 0 Å². The highest BCUT2D eigenvalue weighted by atomic mass is 32.3. The number of phenolic OH excluding ortho intramolecular Hbond substituents is 1. The van der Waals surface area contributed by atoms with Crippen molar-refractivity contribution in [1.82, 2.24) is 0 Å². The molecule has 50 heavy (non-hydrogen) atoms. The molecule has 22 heteroatoms. The standard InChI is InChI=1S/C28H27N5O15S2/c29-18-10-17-13(8-23(18)49(41,42)43)9-24(50(44,45)46)25(26(17)36)33-32-20-12-21(47-3-1-34)19(11-22(20)48-4-2-35)31-30-16-6-14(27(37)38)5-15(7-16)28(39)40/h5-12,34-36,44-46H,1-4,29H2,(H,37,38)(H,39,40)(H,41,42,43). The number of carboxylic acid groups (broad SMARTS) is 2. The summed E-state index contributed by atoms with van der Waals surface area (Å²) in [4.78, 5) is 21.4. The number of benzene rings is 4. The van der Waals surface area contributed by atoms with E-state index >= 15 is 0 Å². The molecule has 0 aliphatic heterocycles. The minimum absolute atomic E-state index is 0.133. The molecular weight excluding hydrogens is 710 g/mol. The number of carboxylic acids is 2. The Morgan fingerprint density at radius 2 is 1.20 bits per heavy atom. The van der Waals surface area contributed by atoms with Crippen LogP contribution < -0.4 is 15.2 Å². The Hall–Kier alpha value is -5.46. The summed E-state index contributed by atoms with van der Waals surface area (Å²) >= 11 is 0. The monoisotopic (exact) mass is 737 g/mol. The number of hydrogen-bond donors (Lipinski definition) is 10. The molecule has 0 radical (unpaired) electrons. The minimum Gasteiger partial charge on any atom is -0.505 e. The molecule has 4 aromatic carbocycles. The first kappa shape index (κ1) is 37.4. The van der Waals surface area contributed by atoms with Gasteiger partial charge in [0, 0.05) is 17.5 Å². The van der Waals surface area contributed by atoms with Crippen molar-refractivity contribution in [1.29, 1.82) is 0 Å². The SMILES string of the molecule is Nc1cc2c(O)c(N=Nc3cc(OCCO)c(N=Nc4cc(C(=O)O)cc(C(=O)O)c4)cc3OCCO)c(S(O)(O)O)cc2cc1S(=O)(=O)O. The number of azo groups is 2. The summed E-state index contributed by atoms with van der Waals surface area (Å²) in [6, 6.07) is 7.95. The van der Waals surface area contributed by atoms with Crippen LogP contribution in [0.1, 0.15) is 20.7 Å². The Balaban J connectivity index is 1.90. The molecule has 0 aromatic heterocycles. The van der Waals surface area contributed by atoms with Crippen molar-refractivity contribution < 1.29 is 71.2 Å². The first-order valence-corrected chi connectivity index (χ1v) is 16.6. The normalized spacial score (nSPS) is 12.5. The van der Waals surface area contributed by atoms with E-state index in [2.05, 4.69) is 20.5 Å². The molecule has 0 aliphatic carbocycles. The molecule has 4 aromatic rings. The summed E-state index contributed by atoms with van der Waals surface area (Å²) in [7, 11) is -9.54. The molecule has 4 rings (SSSR count). The molecule has 0 heterocycles. The molecular formula is C28H27N5O15S2. The lowest BCUT2D eigenvalue weighted by Gasteiger charge is -2.22. The predicted octanol–water partition coefficient (Wildman–Crippen LogP) is 4.93. The van der Waals surface area contributed by atoms with Crippen LogP contribution in [0, 0.1) is 0 Å². The van der Waals surface area contributed by atoms with Crippen molar-refractivity contribution in [3.05, 3.63) is 59.7 Å². The van der Waals surface area contributed by atoms with Crippen LogP contribution >= 0.6 is 10.9 Å². The lowest BCUT2D eigenvalue weighted by molar-refractivity contribution is 0.0696. The number of rotatable bonds is 14. The Morgan fingerprint density at radius 3 is 1.66 bits per heavy atom. The van der Waals surface area contributed by atoms with E-state index in [0.717, 1.165) is 48.5 Å². The van der Waals surface area contributed by atoms with Crippen molar-refractivity contribution in [3.8, 4) is 17.2 Å². The Labute approximate surface area is 282 Å². The molecule has 0 saturated heterocycles. The highest BCUT2D eigenvalue weighted by Crippen LogP contribution is 2.55. The highest BCUT2D eigenvalue weighted by Gasteiger charge is 2.27. The first-order chi connectivity index (χ1) is 23.4. The van der Waals surface area contributed by atoms with E-state index in [-0.39, 0.29) is 52.5 Å².